The number of halogens is 2. The van der Waals surface area contributed by atoms with Crippen molar-refractivity contribution in [3.05, 3.63) is 65.3 Å². The van der Waals surface area contributed by atoms with Crippen molar-refractivity contribution in [2.24, 2.45) is 0 Å². The fraction of sp³-hybridized carbons (Fsp3) is 0.273. The van der Waals surface area contributed by atoms with Crippen LogP contribution in [0.4, 0.5) is 4.39 Å². The Bertz CT molecular complexity index is 1190. The van der Waals surface area contributed by atoms with Gasteiger partial charge in [-0.3, -0.25) is 4.57 Å². The Kier molecular flexibility index (Phi) is 6.20. The van der Waals surface area contributed by atoms with Gasteiger partial charge < -0.3 is 9.26 Å². The van der Waals surface area contributed by atoms with Crippen molar-refractivity contribution < 1.29 is 13.7 Å². The lowest BCUT2D eigenvalue weighted by Crippen LogP contribution is -2.16. The number of rotatable bonds is 7. The summed E-state index contributed by atoms with van der Waals surface area (Å²) in [7, 11) is 0. The van der Waals surface area contributed by atoms with E-state index in [0.717, 1.165) is 30.6 Å². The maximum absolute atomic E-state index is 13.4. The first-order chi connectivity index (χ1) is 15.7. The minimum absolute atomic E-state index is 0.101. The van der Waals surface area contributed by atoms with Crippen LogP contribution in [0.15, 0.2) is 58.2 Å². The molecule has 3 heterocycles. The predicted octanol–water partition coefficient (Wildman–Crippen LogP) is 5.26. The number of thioether (sulfide) groups is 1. The van der Waals surface area contributed by atoms with E-state index in [2.05, 4.69) is 20.3 Å². The molecule has 0 saturated carbocycles. The first kappa shape index (κ1) is 21.1. The Balaban J connectivity index is 1.36. The fourth-order valence-corrected chi connectivity index (χ4v) is 4.43. The molecule has 4 aromatic rings. The summed E-state index contributed by atoms with van der Waals surface area (Å²) >= 11 is 7.40. The van der Waals surface area contributed by atoms with E-state index in [9.17, 15) is 4.39 Å². The standard InChI is InChI=1S/C22H19ClFN5O2S/c23-16-7-3-14(4-8-16)20-25-19(31-28-20)13-32-22-27-26-21(15-5-9-17(24)10-6-15)29(22)12-18-2-1-11-30-18/h3-10,18H,1-2,11-13H2/t18-/m0/s1. The predicted molar refractivity (Wildman–Crippen MR) is 119 cm³/mol. The number of ether oxygens (including phenoxy) is 1. The highest BCUT2D eigenvalue weighted by Crippen LogP contribution is 2.29. The Labute approximate surface area is 193 Å². The number of hydrogen-bond acceptors (Lipinski definition) is 7. The van der Waals surface area contributed by atoms with Crippen LogP contribution < -0.4 is 0 Å². The molecule has 7 nitrogen and oxygen atoms in total. The quantitative estimate of drug-likeness (QED) is 0.340. The summed E-state index contributed by atoms with van der Waals surface area (Å²) in [5.41, 5.74) is 1.63. The van der Waals surface area contributed by atoms with Gasteiger partial charge >= 0.3 is 0 Å². The van der Waals surface area contributed by atoms with Crippen LogP contribution >= 0.6 is 23.4 Å². The maximum Gasteiger partial charge on any atom is 0.237 e. The van der Waals surface area contributed by atoms with Crippen LogP contribution in [0.3, 0.4) is 0 Å². The van der Waals surface area contributed by atoms with E-state index in [1.54, 1.807) is 24.3 Å². The Morgan fingerprint density at radius 1 is 1.06 bits per heavy atom. The SMILES string of the molecule is Fc1ccc(-c2nnc(SCc3nc(-c4ccc(Cl)cc4)no3)n2C[C@@H]2CCCO2)cc1. The minimum Gasteiger partial charge on any atom is -0.376 e. The van der Waals surface area contributed by atoms with Crippen LogP contribution in [0.5, 0.6) is 0 Å². The number of benzene rings is 2. The van der Waals surface area contributed by atoms with Crippen molar-refractivity contribution in [1.29, 1.82) is 0 Å². The van der Waals surface area contributed by atoms with Crippen LogP contribution in [0.2, 0.25) is 5.02 Å². The molecule has 0 bridgehead atoms. The van der Waals surface area contributed by atoms with Crippen molar-refractivity contribution in [1.82, 2.24) is 24.9 Å². The molecule has 0 N–H and O–H groups in total. The first-order valence-corrected chi connectivity index (χ1v) is 11.5. The van der Waals surface area contributed by atoms with E-state index in [0.29, 0.717) is 40.0 Å². The van der Waals surface area contributed by atoms with Crippen molar-refractivity contribution in [2.45, 2.75) is 36.4 Å². The summed E-state index contributed by atoms with van der Waals surface area (Å²) < 4.78 is 26.6. The molecule has 0 radical (unpaired) electrons. The summed E-state index contributed by atoms with van der Waals surface area (Å²) in [4.78, 5) is 4.47. The molecule has 32 heavy (non-hydrogen) atoms. The van der Waals surface area contributed by atoms with E-state index in [1.807, 2.05) is 16.7 Å². The summed E-state index contributed by atoms with van der Waals surface area (Å²) in [6.45, 7) is 1.39. The molecule has 0 spiro atoms. The second kappa shape index (κ2) is 9.40. The minimum atomic E-state index is -0.290. The molecule has 0 amide bonds. The summed E-state index contributed by atoms with van der Waals surface area (Å²) in [5, 5.41) is 14.2. The molecule has 5 rings (SSSR count). The van der Waals surface area contributed by atoms with Crippen LogP contribution in [-0.4, -0.2) is 37.6 Å². The molecule has 1 fully saturated rings. The Morgan fingerprint density at radius 2 is 1.84 bits per heavy atom. The third-order valence-electron chi connectivity index (χ3n) is 5.12. The molecule has 1 aliphatic rings. The van der Waals surface area contributed by atoms with E-state index in [1.165, 1.54) is 23.9 Å². The molecule has 1 aliphatic heterocycles. The van der Waals surface area contributed by atoms with Gasteiger partial charge in [-0.15, -0.1) is 10.2 Å². The first-order valence-electron chi connectivity index (χ1n) is 10.2. The Hall–Kier alpha value is -2.75. The van der Waals surface area contributed by atoms with Gasteiger partial charge in [0.15, 0.2) is 11.0 Å². The van der Waals surface area contributed by atoms with E-state index >= 15 is 0 Å². The lowest BCUT2D eigenvalue weighted by molar-refractivity contribution is 0.0953. The molecule has 2 aromatic carbocycles. The van der Waals surface area contributed by atoms with Crippen LogP contribution in [0.1, 0.15) is 18.7 Å². The van der Waals surface area contributed by atoms with Gasteiger partial charge in [0.05, 0.1) is 18.4 Å². The van der Waals surface area contributed by atoms with Gasteiger partial charge in [0.1, 0.15) is 5.82 Å². The lowest BCUT2D eigenvalue weighted by Gasteiger charge is -2.14. The van der Waals surface area contributed by atoms with Crippen LogP contribution in [0, 0.1) is 5.82 Å². The van der Waals surface area contributed by atoms with Gasteiger partial charge in [0, 0.05) is 22.8 Å². The van der Waals surface area contributed by atoms with Gasteiger partial charge in [-0.05, 0) is 61.4 Å². The maximum atomic E-state index is 13.4. The van der Waals surface area contributed by atoms with E-state index < -0.39 is 0 Å². The van der Waals surface area contributed by atoms with Crippen molar-refractivity contribution in [3.63, 3.8) is 0 Å². The van der Waals surface area contributed by atoms with E-state index in [4.69, 9.17) is 20.9 Å². The zero-order valence-corrected chi connectivity index (χ0v) is 18.5. The van der Waals surface area contributed by atoms with Crippen molar-refractivity contribution in [3.8, 4) is 22.8 Å². The second-order valence-corrected chi connectivity index (χ2v) is 8.74. The normalized spacial score (nSPS) is 16.0. The van der Waals surface area contributed by atoms with Gasteiger partial charge in [0.25, 0.3) is 0 Å². The van der Waals surface area contributed by atoms with Crippen molar-refractivity contribution in [2.75, 3.05) is 6.61 Å². The highest BCUT2D eigenvalue weighted by atomic mass is 35.5. The number of nitrogens with zero attached hydrogens (tertiary/aromatic N) is 5. The molecular formula is C22H19ClFN5O2S. The largest absolute Gasteiger partial charge is 0.376 e. The molecule has 164 valence electrons. The van der Waals surface area contributed by atoms with Crippen LogP contribution in [-0.2, 0) is 17.0 Å². The van der Waals surface area contributed by atoms with Gasteiger partial charge in [-0.25, -0.2) is 4.39 Å². The van der Waals surface area contributed by atoms with Crippen LogP contribution in [0.25, 0.3) is 22.8 Å². The third kappa shape index (κ3) is 4.69. The second-order valence-electron chi connectivity index (χ2n) is 7.37. The molecule has 1 atom stereocenters. The summed E-state index contributed by atoms with van der Waals surface area (Å²) in [6.07, 6.45) is 2.13. The van der Waals surface area contributed by atoms with Gasteiger partial charge in [-0.2, -0.15) is 4.98 Å². The number of hydrogen-bond donors (Lipinski definition) is 0. The lowest BCUT2D eigenvalue weighted by atomic mass is 10.2. The average Bonchev–Trinajstić information content (AvgIpc) is 3.56. The van der Waals surface area contributed by atoms with Crippen molar-refractivity contribution >= 4 is 23.4 Å². The molecule has 10 heteroatoms. The molecule has 1 saturated heterocycles. The zero-order valence-electron chi connectivity index (χ0n) is 16.9. The Morgan fingerprint density at radius 3 is 2.59 bits per heavy atom. The smallest absolute Gasteiger partial charge is 0.237 e. The monoisotopic (exact) mass is 471 g/mol. The topological polar surface area (TPSA) is 78.9 Å². The molecule has 2 aromatic heterocycles. The van der Waals surface area contributed by atoms with Gasteiger partial charge in [-0.1, -0.05) is 28.5 Å². The van der Waals surface area contributed by atoms with Gasteiger partial charge in [0.2, 0.25) is 11.7 Å². The fourth-order valence-electron chi connectivity index (χ4n) is 3.52. The molecular weight excluding hydrogens is 453 g/mol. The number of aromatic nitrogens is 5. The molecule has 0 unspecified atom stereocenters. The summed E-state index contributed by atoms with van der Waals surface area (Å²) in [5.74, 6) is 1.81. The summed E-state index contributed by atoms with van der Waals surface area (Å²) in [6, 6.07) is 13.5. The zero-order chi connectivity index (χ0) is 21.9. The van der Waals surface area contributed by atoms with E-state index in [-0.39, 0.29) is 11.9 Å². The highest BCUT2D eigenvalue weighted by molar-refractivity contribution is 7.98. The molecule has 0 aliphatic carbocycles. The third-order valence-corrected chi connectivity index (χ3v) is 6.33. The highest BCUT2D eigenvalue weighted by Gasteiger charge is 2.22. The average molecular weight is 472 g/mol.